The normalized spacial score (nSPS) is 13.9. The molecule has 0 bridgehead atoms. The van der Waals surface area contributed by atoms with Crippen molar-refractivity contribution in [2.45, 2.75) is 84.2 Å². The first-order valence-corrected chi connectivity index (χ1v) is 9.19. The summed E-state index contributed by atoms with van der Waals surface area (Å²) in [6.45, 7) is 6.62. The van der Waals surface area contributed by atoms with Gasteiger partial charge in [0.05, 0.1) is 5.60 Å². The molecule has 0 N–H and O–H groups in total. The first kappa shape index (κ1) is 21.0. The first-order chi connectivity index (χ1) is 11.4. The fraction of sp³-hybridized carbons (Fsp3) is 0.700. The fourth-order valence-corrected chi connectivity index (χ4v) is 3.16. The molecule has 0 fully saturated rings. The molecule has 1 unspecified atom stereocenters. The number of hydrogen-bond donors (Lipinski definition) is 0. The smallest absolute Gasteiger partial charge is 0.194 e. The van der Waals surface area contributed by atoms with Crippen molar-refractivity contribution in [1.82, 2.24) is 0 Å². The van der Waals surface area contributed by atoms with E-state index in [-0.39, 0.29) is 0 Å². The summed E-state index contributed by atoms with van der Waals surface area (Å²) in [6, 6.07) is 2.14. The fourth-order valence-electron chi connectivity index (χ4n) is 3.16. The minimum Gasteiger partial charge on any atom is -0.375 e. The zero-order chi connectivity index (χ0) is 18.0. The second-order valence-corrected chi connectivity index (χ2v) is 6.80. The van der Waals surface area contributed by atoms with Gasteiger partial charge in [-0.2, -0.15) is 0 Å². The minimum atomic E-state index is -1.41. The van der Waals surface area contributed by atoms with Gasteiger partial charge in [-0.3, -0.25) is 0 Å². The van der Waals surface area contributed by atoms with Crippen molar-refractivity contribution < 1.29 is 17.9 Å². The second-order valence-electron chi connectivity index (χ2n) is 6.80. The summed E-state index contributed by atoms with van der Waals surface area (Å²) in [5.41, 5.74) is -0.0418. The van der Waals surface area contributed by atoms with Gasteiger partial charge in [-0.1, -0.05) is 51.9 Å². The van der Waals surface area contributed by atoms with Crippen LogP contribution in [0, 0.1) is 17.5 Å². The van der Waals surface area contributed by atoms with Crippen LogP contribution in [0.25, 0.3) is 0 Å². The molecule has 1 atom stereocenters. The van der Waals surface area contributed by atoms with Gasteiger partial charge in [0.25, 0.3) is 0 Å². The highest BCUT2D eigenvalue weighted by atomic mass is 19.2. The molecule has 0 amide bonds. The van der Waals surface area contributed by atoms with Gasteiger partial charge in [-0.05, 0) is 38.0 Å². The molecule has 0 spiro atoms. The third-order valence-corrected chi connectivity index (χ3v) is 4.42. The summed E-state index contributed by atoms with van der Waals surface area (Å²) < 4.78 is 45.7. The molecule has 0 radical (unpaired) electrons. The molecule has 24 heavy (non-hydrogen) atoms. The zero-order valence-electron chi connectivity index (χ0n) is 15.3. The molecule has 0 saturated heterocycles. The maximum atomic E-state index is 13.4. The van der Waals surface area contributed by atoms with Crippen molar-refractivity contribution in [3.05, 3.63) is 35.1 Å². The average Bonchev–Trinajstić information content (AvgIpc) is 2.52. The van der Waals surface area contributed by atoms with Crippen molar-refractivity contribution in [3.63, 3.8) is 0 Å². The lowest BCUT2D eigenvalue weighted by Gasteiger charge is -2.30. The second kappa shape index (κ2) is 10.8. The summed E-state index contributed by atoms with van der Waals surface area (Å²) in [7, 11) is 0. The van der Waals surface area contributed by atoms with Gasteiger partial charge in [0, 0.05) is 13.0 Å². The molecule has 1 rings (SSSR count). The van der Waals surface area contributed by atoms with Crippen molar-refractivity contribution in [3.8, 4) is 0 Å². The molecular weight excluding hydrogens is 313 g/mol. The molecule has 138 valence electrons. The van der Waals surface area contributed by atoms with Crippen LogP contribution in [0.5, 0.6) is 0 Å². The number of ether oxygens (including phenoxy) is 1. The van der Waals surface area contributed by atoms with Gasteiger partial charge in [0.15, 0.2) is 17.5 Å². The zero-order valence-corrected chi connectivity index (χ0v) is 15.3. The van der Waals surface area contributed by atoms with E-state index in [9.17, 15) is 13.2 Å². The highest BCUT2D eigenvalue weighted by Gasteiger charge is 2.26. The third-order valence-electron chi connectivity index (χ3n) is 4.42. The van der Waals surface area contributed by atoms with Crippen molar-refractivity contribution in [2.24, 2.45) is 0 Å². The van der Waals surface area contributed by atoms with Crippen molar-refractivity contribution in [2.75, 3.05) is 6.61 Å². The Balaban J connectivity index is 2.54. The maximum Gasteiger partial charge on any atom is 0.194 e. The minimum absolute atomic E-state index is 0.380. The Morgan fingerprint density at radius 2 is 1.42 bits per heavy atom. The molecule has 0 aliphatic heterocycles. The first-order valence-electron chi connectivity index (χ1n) is 9.19. The number of rotatable bonds is 12. The molecular formula is C20H31F3O. The SMILES string of the molecule is CCCCCCCCCC(C)(Cc1cc(F)c(F)c(F)c1)OCC. The summed E-state index contributed by atoms with van der Waals surface area (Å²) in [6.07, 6.45) is 9.65. The Bertz CT molecular complexity index is 467. The Morgan fingerprint density at radius 3 is 1.96 bits per heavy atom. The van der Waals surface area contributed by atoms with Crippen LogP contribution in [-0.4, -0.2) is 12.2 Å². The average molecular weight is 344 g/mol. The van der Waals surface area contributed by atoms with Gasteiger partial charge in [0.1, 0.15) is 0 Å². The third kappa shape index (κ3) is 7.25. The lowest BCUT2D eigenvalue weighted by molar-refractivity contribution is -0.0323. The van der Waals surface area contributed by atoms with Crippen LogP contribution in [0.3, 0.4) is 0 Å². The predicted octanol–water partition coefficient (Wildman–Crippen LogP) is 6.58. The van der Waals surface area contributed by atoms with E-state index >= 15 is 0 Å². The van der Waals surface area contributed by atoms with Crippen LogP contribution in [0.4, 0.5) is 13.2 Å². The number of benzene rings is 1. The largest absolute Gasteiger partial charge is 0.375 e. The van der Waals surface area contributed by atoms with Gasteiger partial charge in [0.2, 0.25) is 0 Å². The van der Waals surface area contributed by atoms with E-state index in [1.807, 2.05) is 13.8 Å². The van der Waals surface area contributed by atoms with Crippen LogP contribution in [-0.2, 0) is 11.2 Å². The molecule has 1 nitrogen and oxygen atoms in total. The quantitative estimate of drug-likeness (QED) is 0.307. The van der Waals surface area contributed by atoms with E-state index < -0.39 is 23.1 Å². The van der Waals surface area contributed by atoms with E-state index in [0.29, 0.717) is 18.6 Å². The Morgan fingerprint density at radius 1 is 0.875 bits per heavy atom. The molecule has 1 aromatic rings. The molecule has 0 aliphatic carbocycles. The van der Waals surface area contributed by atoms with Crippen LogP contribution < -0.4 is 0 Å². The summed E-state index contributed by atoms with van der Waals surface area (Å²) >= 11 is 0. The summed E-state index contributed by atoms with van der Waals surface area (Å²) in [5.74, 6) is -3.69. The van der Waals surface area contributed by atoms with E-state index in [1.54, 1.807) is 0 Å². The highest BCUT2D eigenvalue weighted by Crippen LogP contribution is 2.26. The monoisotopic (exact) mass is 344 g/mol. The van der Waals surface area contributed by atoms with E-state index in [4.69, 9.17) is 4.74 Å². The van der Waals surface area contributed by atoms with Crippen LogP contribution in [0.1, 0.15) is 77.7 Å². The number of halogens is 3. The molecule has 0 aliphatic rings. The molecule has 0 aromatic heterocycles. The Kier molecular flexibility index (Phi) is 9.42. The van der Waals surface area contributed by atoms with Crippen LogP contribution in [0.2, 0.25) is 0 Å². The molecule has 1 aromatic carbocycles. The number of hydrogen-bond acceptors (Lipinski definition) is 1. The van der Waals surface area contributed by atoms with Crippen molar-refractivity contribution >= 4 is 0 Å². The predicted molar refractivity (Wildman–Crippen MR) is 92.7 cm³/mol. The topological polar surface area (TPSA) is 9.23 Å². The molecule has 0 saturated carbocycles. The van der Waals surface area contributed by atoms with Gasteiger partial charge >= 0.3 is 0 Å². The van der Waals surface area contributed by atoms with Gasteiger partial charge in [-0.15, -0.1) is 0 Å². The maximum absolute atomic E-state index is 13.4. The van der Waals surface area contributed by atoms with Crippen LogP contribution >= 0.6 is 0 Å². The Hall–Kier alpha value is -1.03. The van der Waals surface area contributed by atoms with Gasteiger partial charge in [-0.25, -0.2) is 13.2 Å². The Labute approximate surface area is 144 Å². The van der Waals surface area contributed by atoms with Crippen LogP contribution in [0.15, 0.2) is 12.1 Å². The molecule has 0 heterocycles. The lowest BCUT2D eigenvalue weighted by atomic mass is 9.90. The van der Waals surface area contributed by atoms with Gasteiger partial charge < -0.3 is 4.74 Å². The van der Waals surface area contributed by atoms with E-state index in [2.05, 4.69) is 6.92 Å². The number of unbranched alkanes of at least 4 members (excludes halogenated alkanes) is 6. The summed E-state index contributed by atoms with van der Waals surface area (Å²) in [5, 5.41) is 0. The van der Waals surface area contributed by atoms with E-state index in [1.165, 1.54) is 32.1 Å². The lowest BCUT2D eigenvalue weighted by Crippen LogP contribution is -2.31. The summed E-state index contributed by atoms with van der Waals surface area (Å²) in [4.78, 5) is 0. The molecule has 4 heteroatoms. The standard InChI is InChI=1S/C20H31F3O/c1-4-6-7-8-9-10-11-12-20(3,24-5-2)15-16-13-17(21)19(23)18(22)14-16/h13-14H,4-12,15H2,1-3H3. The van der Waals surface area contributed by atoms with E-state index in [0.717, 1.165) is 31.4 Å². The highest BCUT2D eigenvalue weighted by molar-refractivity contribution is 5.21. The van der Waals surface area contributed by atoms with Crippen molar-refractivity contribution in [1.29, 1.82) is 0 Å².